The molecule has 3 nitrogen and oxygen atoms in total. The van der Waals surface area contributed by atoms with Crippen molar-refractivity contribution in [1.82, 2.24) is 4.90 Å². The summed E-state index contributed by atoms with van der Waals surface area (Å²) in [6.07, 6.45) is 2.30. The number of aliphatic hydroxyl groups is 1. The summed E-state index contributed by atoms with van der Waals surface area (Å²) in [7, 11) is 0. The molecule has 2 aromatic carbocycles. The molecule has 1 fully saturated rings. The van der Waals surface area contributed by atoms with E-state index in [1.165, 1.54) is 0 Å². The zero-order valence-corrected chi connectivity index (χ0v) is 13.5. The first kappa shape index (κ1) is 15.8. The predicted octanol–water partition coefficient (Wildman–Crippen LogP) is 3.73. The molecule has 1 aliphatic heterocycles. The van der Waals surface area contributed by atoms with Crippen LogP contribution in [0.3, 0.4) is 0 Å². The van der Waals surface area contributed by atoms with Gasteiger partial charge >= 0.3 is 0 Å². The summed E-state index contributed by atoms with van der Waals surface area (Å²) < 4.78 is 0. The number of likely N-dealkylation sites (tertiary alicyclic amines) is 1. The van der Waals surface area contributed by atoms with E-state index in [0.29, 0.717) is 6.42 Å². The van der Waals surface area contributed by atoms with Crippen LogP contribution in [0.25, 0.3) is 11.1 Å². The first-order valence-corrected chi connectivity index (χ1v) is 8.29. The minimum absolute atomic E-state index is 0.0766. The number of rotatable bonds is 4. The largest absolute Gasteiger partial charge is 0.393 e. The van der Waals surface area contributed by atoms with Crippen LogP contribution in [-0.4, -0.2) is 34.6 Å². The normalized spacial score (nSPS) is 18.9. The highest BCUT2D eigenvalue weighted by Gasteiger charge is 2.30. The first-order valence-electron chi connectivity index (χ1n) is 8.29. The molecular weight excluding hydrogens is 286 g/mol. The summed E-state index contributed by atoms with van der Waals surface area (Å²) in [4.78, 5) is 14.7. The Morgan fingerprint density at radius 3 is 2.43 bits per heavy atom. The van der Waals surface area contributed by atoms with Gasteiger partial charge in [0.2, 0.25) is 0 Å². The molecule has 3 heteroatoms. The average molecular weight is 309 g/mol. The Morgan fingerprint density at radius 1 is 1.13 bits per heavy atom. The minimum Gasteiger partial charge on any atom is -0.393 e. The van der Waals surface area contributed by atoms with Crippen LogP contribution >= 0.6 is 0 Å². The number of carbonyl (C=O) groups is 1. The van der Waals surface area contributed by atoms with Crippen molar-refractivity contribution in [2.24, 2.45) is 0 Å². The first-order chi connectivity index (χ1) is 11.1. The number of nitrogens with zero attached hydrogens (tertiary/aromatic N) is 1. The van der Waals surface area contributed by atoms with Crippen LogP contribution in [-0.2, 0) is 0 Å². The molecule has 3 rings (SSSR count). The Balaban J connectivity index is 1.75. The minimum atomic E-state index is -0.367. The van der Waals surface area contributed by atoms with E-state index >= 15 is 0 Å². The quantitative estimate of drug-likeness (QED) is 0.935. The maximum atomic E-state index is 12.7. The van der Waals surface area contributed by atoms with Crippen molar-refractivity contribution in [1.29, 1.82) is 0 Å². The molecule has 1 saturated heterocycles. The molecule has 2 atom stereocenters. The van der Waals surface area contributed by atoms with Gasteiger partial charge in [0.25, 0.3) is 5.91 Å². The highest BCUT2D eigenvalue weighted by atomic mass is 16.3. The third-order valence-electron chi connectivity index (χ3n) is 4.49. The summed E-state index contributed by atoms with van der Waals surface area (Å²) in [5.41, 5.74) is 2.99. The van der Waals surface area contributed by atoms with Gasteiger partial charge in [-0.1, -0.05) is 42.5 Å². The zero-order chi connectivity index (χ0) is 16.2. The number of hydrogen-bond donors (Lipinski definition) is 1. The third kappa shape index (κ3) is 3.62. The van der Waals surface area contributed by atoms with Crippen LogP contribution in [0, 0.1) is 0 Å². The number of hydrogen-bond acceptors (Lipinski definition) is 2. The van der Waals surface area contributed by atoms with Crippen LogP contribution in [0.2, 0.25) is 0 Å². The second-order valence-electron chi connectivity index (χ2n) is 6.32. The number of aliphatic hydroxyl groups excluding tert-OH is 1. The van der Waals surface area contributed by atoms with Crippen LogP contribution in [0.1, 0.15) is 36.5 Å². The SMILES string of the molecule is CC(O)CC1CCCN1C(=O)c1ccc(-c2ccccc2)cc1. The molecule has 1 heterocycles. The molecule has 0 bridgehead atoms. The van der Waals surface area contributed by atoms with Gasteiger partial charge in [-0.3, -0.25) is 4.79 Å². The smallest absolute Gasteiger partial charge is 0.254 e. The summed E-state index contributed by atoms with van der Waals surface area (Å²) >= 11 is 0. The molecule has 1 aliphatic rings. The second kappa shape index (κ2) is 6.97. The van der Waals surface area contributed by atoms with Gasteiger partial charge in [-0.15, -0.1) is 0 Å². The standard InChI is InChI=1S/C20H23NO2/c1-15(22)14-19-8-5-13-21(19)20(23)18-11-9-17(10-12-18)16-6-3-2-4-7-16/h2-4,6-7,9-12,15,19,22H,5,8,13-14H2,1H3. The predicted molar refractivity (Wildman–Crippen MR) is 92.2 cm³/mol. The lowest BCUT2D eigenvalue weighted by atomic mass is 10.0. The monoisotopic (exact) mass is 309 g/mol. The van der Waals surface area contributed by atoms with Crippen molar-refractivity contribution in [2.75, 3.05) is 6.54 Å². The average Bonchev–Trinajstić information content (AvgIpc) is 3.02. The molecule has 0 aromatic heterocycles. The molecule has 1 N–H and O–H groups in total. The number of carbonyl (C=O) groups excluding carboxylic acids is 1. The van der Waals surface area contributed by atoms with Crippen molar-refractivity contribution < 1.29 is 9.90 Å². The lowest BCUT2D eigenvalue weighted by Crippen LogP contribution is -2.37. The lowest BCUT2D eigenvalue weighted by Gasteiger charge is -2.25. The molecule has 0 radical (unpaired) electrons. The maximum absolute atomic E-state index is 12.7. The van der Waals surface area contributed by atoms with Gasteiger partial charge in [-0.2, -0.15) is 0 Å². The Labute approximate surface area is 137 Å². The Hall–Kier alpha value is -2.13. The Bertz CT molecular complexity index is 649. The molecule has 1 amide bonds. The van der Waals surface area contributed by atoms with E-state index in [1.807, 2.05) is 47.4 Å². The Kier molecular flexibility index (Phi) is 4.77. The van der Waals surface area contributed by atoms with Crippen molar-refractivity contribution in [2.45, 2.75) is 38.3 Å². The number of amides is 1. The fraction of sp³-hybridized carbons (Fsp3) is 0.350. The zero-order valence-electron chi connectivity index (χ0n) is 13.5. The fourth-order valence-electron chi connectivity index (χ4n) is 3.34. The summed E-state index contributed by atoms with van der Waals surface area (Å²) in [5, 5.41) is 9.61. The van der Waals surface area contributed by atoms with Crippen LogP contribution in [0.4, 0.5) is 0 Å². The molecule has 120 valence electrons. The molecule has 0 saturated carbocycles. The van der Waals surface area contributed by atoms with E-state index in [9.17, 15) is 9.90 Å². The topological polar surface area (TPSA) is 40.5 Å². The summed E-state index contributed by atoms with van der Waals surface area (Å²) in [5.74, 6) is 0.0766. The van der Waals surface area contributed by atoms with Crippen LogP contribution in [0.5, 0.6) is 0 Å². The van der Waals surface area contributed by atoms with E-state index in [4.69, 9.17) is 0 Å². The van der Waals surface area contributed by atoms with Crippen LogP contribution in [0.15, 0.2) is 54.6 Å². The maximum Gasteiger partial charge on any atom is 0.254 e. The van der Waals surface area contributed by atoms with E-state index in [1.54, 1.807) is 6.92 Å². The highest BCUT2D eigenvalue weighted by Crippen LogP contribution is 2.25. The lowest BCUT2D eigenvalue weighted by molar-refractivity contribution is 0.0682. The molecule has 23 heavy (non-hydrogen) atoms. The summed E-state index contributed by atoms with van der Waals surface area (Å²) in [6, 6.07) is 18.1. The van der Waals surface area contributed by atoms with Gasteiger partial charge in [0.05, 0.1) is 6.10 Å². The number of benzene rings is 2. The third-order valence-corrected chi connectivity index (χ3v) is 4.49. The molecule has 0 spiro atoms. The van der Waals surface area contributed by atoms with E-state index in [2.05, 4.69) is 12.1 Å². The van der Waals surface area contributed by atoms with Crippen molar-refractivity contribution in [3.05, 3.63) is 60.2 Å². The molecule has 0 aliphatic carbocycles. The van der Waals surface area contributed by atoms with Crippen molar-refractivity contribution in [3.63, 3.8) is 0 Å². The fourth-order valence-corrected chi connectivity index (χ4v) is 3.34. The van der Waals surface area contributed by atoms with Crippen molar-refractivity contribution in [3.8, 4) is 11.1 Å². The van der Waals surface area contributed by atoms with Gasteiger partial charge < -0.3 is 10.0 Å². The Morgan fingerprint density at radius 2 is 1.78 bits per heavy atom. The highest BCUT2D eigenvalue weighted by molar-refractivity contribution is 5.95. The summed E-state index contributed by atoms with van der Waals surface area (Å²) in [6.45, 7) is 2.58. The second-order valence-corrected chi connectivity index (χ2v) is 6.32. The molecule has 2 unspecified atom stereocenters. The van der Waals surface area contributed by atoms with Gasteiger partial charge in [0, 0.05) is 18.2 Å². The van der Waals surface area contributed by atoms with Crippen LogP contribution < -0.4 is 0 Å². The molecular formula is C20H23NO2. The van der Waals surface area contributed by atoms with E-state index < -0.39 is 0 Å². The van der Waals surface area contributed by atoms with E-state index in [0.717, 1.165) is 36.1 Å². The van der Waals surface area contributed by atoms with Gasteiger partial charge in [0.15, 0.2) is 0 Å². The van der Waals surface area contributed by atoms with E-state index in [-0.39, 0.29) is 18.1 Å². The van der Waals surface area contributed by atoms with Gasteiger partial charge in [-0.25, -0.2) is 0 Å². The molecule has 2 aromatic rings. The van der Waals surface area contributed by atoms with Gasteiger partial charge in [-0.05, 0) is 49.4 Å². The van der Waals surface area contributed by atoms with Crippen molar-refractivity contribution >= 4 is 5.91 Å². The van der Waals surface area contributed by atoms with Gasteiger partial charge in [0.1, 0.15) is 0 Å².